The fourth-order valence-electron chi connectivity index (χ4n) is 3.08. The Morgan fingerprint density at radius 3 is 2.55 bits per heavy atom. The molecule has 0 amide bonds. The van der Waals surface area contributed by atoms with Crippen molar-refractivity contribution in [2.75, 3.05) is 7.11 Å². The van der Waals surface area contributed by atoms with E-state index in [1.165, 1.54) is 43.5 Å². The van der Waals surface area contributed by atoms with E-state index in [1.54, 1.807) is 36.4 Å². The Balaban J connectivity index is 1.57. The predicted octanol–water partition coefficient (Wildman–Crippen LogP) is 4.67. The Morgan fingerprint density at radius 2 is 1.85 bits per heavy atom. The zero-order valence-electron chi connectivity index (χ0n) is 17.4. The molecule has 0 aromatic heterocycles. The van der Waals surface area contributed by atoms with Crippen LogP contribution in [-0.4, -0.2) is 23.9 Å². The van der Waals surface area contributed by atoms with Gasteiger partial charge in [-0.05, 0) is 42.0 Å². The van der Waals surface area contributed by atoms with Crippen LogP contribution < -0.4 is 9.47 Å². The molecule has 166 valence electrons. The third kappa shape index (κ3) is 4.87. The van der Waals surface area contributed by atoms with E-state index in [1.807, 2.05) is 0 Å². The zero-order valence-corrected chi connectivity index (χ0v) is 17.4. The van der Waals surface area contributed by atoms with Crippen molar-refractivity contribution in [3.05, 3.63) is 105 Å². The first kappa shape index (κ1) is 21.7. The lowest BCUT2D eigenvalue weighted by Crippen LogP contribution is -2.05. The monoisotopic (exact) mass is 448 g/mol. The van der Waals surface area contributed by atoms with Crippen LogP contribution in [-0.2, 0) is 16.1 Å². The van der Waals surface area contributed by atoms with Gasteiger partial charge in [-0.25, -0.2) is 14.2 Å². The van der Waals surface area contributed by atoms with Gasteiger partial charge >= 0.3 is 5.97 Å². The van der Waals surface area contributed by atoms with Crippen molar-refractivity contribution < 1.29 is 28.3 Å². The number of aliphatic imine (C=N–C) groups is 1. The minimum atomic E-state index is -0.659. The number of hydrogen-bond donors (Lipinski definition) is 0. The Labute approximate surface area is 187 Å². The largest absolute Gasteiger partial charge is 0.493 e. The SMILES string of the molecule is COc1ccc(C=C2N=C(c3ccc([N+](=O)[O-])cc3)OC2=O)cc1OCc1ccccc1F. The van der Waals surface area contributed by atoms with Gasteiger partial charge in [0.05, 0.1) is 12.0 Å². The van der Waals surface area contributed by atoms with Gasteiger partial charge in [0.2, 0.25) is 5.90 Å². The van der Waals surface area contributed by atoms with Crippen LogP contribution in [0.1, 0.15) is 16.7 Å². The lowest BCUT2D eigenvalue weighted by atomic mass is 10.1. The Morgan fingerprint density at radius 1 is 1.09 bits per heavy atom. The third-order valence-electron chi connectivity index (χ3n) is 4.78. The van der Waals surface area contributed by atoms with Crippen LogP contribution in [0.3, 0.4) is 0 Å². The average molecular weight is 448 g/mol. The molecule has 8 nitrogen and oxygen atoms in total. The van der Waals surface area contributed by atoms with Gasteiger partial charge in [0.15, 0.2) is 17.2 Å². The van der Waals surface area contributed by atoms with Crippen molar-refractivity contribution in [1.29, 1.82) is 0 Å². The molecular weight excluding hydrogens is 431 g/mol. The number of ether oxygens (including phenoxy) is 3. The van der Waals surface area contributed by atoms with E-state index in [4.69, 9.17) is 14.2 Å². The summed E-state index contributed by atoms with van der Waals surface area (Å²) in [6, 6.07) is 16.8. The molecule has 0 saturated carbocycles. The molecule has 1 aliphatic heterocycles. The maximum Gasteiger partial charge on any atom is 0.363 e. The molecule has 3 aromatic rings. The first-order valence-electron chi connectivity index (χ1n) is 9.76. The normalized spacial score (nSPS) is 14.1. The summed E-state index contributed by atoms with van der Waals surface area (Å²) >= 11 is 0. The summed E-state index contributed by atoms with van der Waals surface area (Å²) < 4.78 is 30.1. The standard InChI is InChI=1S/C24H17FN2O6/c1-31-21-11-6-15(13-22(21)32-14-17-4-2-3-5-19(17)25)12-20-24(28)33-23(26-20)16-7-9-18(10-8-16)27(29)30/h2-13H,14H2,1H3. The maximum atomic E-state index is 13.9. The Hall–Kier alpha value is -4.53. The summed E-state index contributed by atoms with van der Waals surface area (Å²) in [6.45, 7) is -0.00640. The van der Waals surface area contributed by atoms with Gasteiger partial charge in [-0.1, -0.05) is 24.3 Å². The Kier molecular flexibility index (Phi) is 6.12. The van der Waals surface area contributed by atoms with Crippen LogP contribution in [0.2, 0.25) is 0 Å². The molecule has 0 saturated heterocycles. The molecule has 33 heavy (non-hydrogen) atoms. The summed E-state index contributed by atoms with van der Waals surface area (Å²) in [7, 11) is 1.48. The second-order valence-corrected chi connectivity index (χ2v) is 6.93. The number of halogens is 1. The number of nitro benzene ring substituents is 1. The zero-order chi connectivity index (χ0) is 23.4. The van der Waals surface area contributed by atoms with Crippen LogP contribution in [0, 0.1) is 15.9 Å². The number of methoxy groups -OCH3 is 1. The van der Waals surface area contributed by atoms with E-state index < -0.39 is 10.9 Å². The highest BCUT2D eigenvalue weighted by Gasteiger charge is 2.24. The quantitative estimate of drug-likeness (QED) is 0.225. The van der Waals surface area contributed by atoms with Crippen LogP contribution in [0.15, 0.2) is 77.4 Å². The number of nitro groups is 1. The first-order valence-corrected chi connectivity index (χ1v) is 9.76. The Bertz CT molecular complexity index is 1280. The summed E-state index contributed by atoms with van der Waals surface area (Å²) in [6.07, 6.45) is 1.51. The second-order valence-electron chi connectivity index (χ2n) is 6.93. The first-order chi connectivity index (χ1) is 15.9. The number of hydrogen-bond acceptors (Lipinski definition) is 7. The predicted molar refractivity (Wildman–Crippen MR) is 117 cm³/mol. The second kappa shape index (κ2) is 9.31. The van der Waals surface area contributed by atoms with E-state index in [9.17, 15) is 19.3 Å². The van der Waals surface area contributed by atoms with Crippen LogP contribution in [0.25, 0.3) is 6.08 Å². The smallest absolute Gasteiger partial charge is 0.363 e. The number of nitrogens with zero attached hydrogens (tertiary/aromatic N) is 2. The van der Waals surface area contributed by atoms with Crippen molar-refractivity contribution in [3.8, 4) is 11.5 Å². The molecule has 0 atom stereocenters. The van der Waals surface area contributed by atoms with E-state index in [2.05, 4.69) is 4.99 Å². The molecule has 0 bridgehead atoms. The maximum absolute atomic E-state index is 13.9. The summed E-state index contributed by atoms with van der Waals surface area (Å²) in [5.74, 6) is -0.186. The molecular formula is C24H17FN2O6. The van der Waals surface area contributed by atoms with Gasteiger partial charge in [-0.3, -0.25) is 10.1 Å². The summed E-state index contributed by atoms with van der Waals surface area (Å²) in [5, 5.41) is 10.8. The van der Waals surface area contributed by atoms with Gasteiger partial charge in [0.1, 0.15) is 12.4 Å². The van der Waals surface area contributed by atoms with Crippen LogP contribution in [0.4, 0.5) is 10.1 Å². The van der Waals surface area contributed by atoms with Crippen molar-refractivity contribution >= 4 is 23.6 Å². The molecule has 1 heterocycles. The minimum absolute atomic E-state index is 0.00640. The number of esters is 1. The van der Waals surface area contributed by atoms with E-state index in [0.29, 0.717) is 28.2 Å². The fraction of sp³-hybridized carbons (Fsp3) is 0.0833. The molecule has 3 aromatic carbocycles. The molecule has 0 unspecified atom stereocenters. The van der Waals surface area contributed by atoms with Crippen LogP contribution >= 0.6 is 0 Å². The van der Waals surface area contributed by atoms with Gasteiger partial charge < -0.3 is 14.2 Å². The van der Waals surface area contributed by atoms with Gasteiger partial charge in [-0.2, -0.15) is 0 Å². The van der Waals surface area contributed by atoms with Gasteiger partial charge in [-0.15, -0.1) is 0 Å². The lowest BCUT2D eigenvalue weighted by molar-refractivity contribution is -0.384. The van der Waals surface area contributed by atoms with Crippen molar-refractivity contribution in [2.24, 2.45) is 4.99 Å². The highest BCUT2D eigenvalue weighted by atomic mass is 19.1. The van der Waals surface area contributed by atoms with Crippen LogP contribution in [0.5, 0.6) is 11.5 Å². The number of carbonyl (C=O) groups is 1. The highest BCUT2D eigenvalue weighted by molar-refractivity contribution is 6.12. The van der Waals surface area contributed by atoms with E-state index in [-0.39, 0.29) is 29.7 Å². The molecule has 0 radical (unpaired) electrons. The molecule has 0 N–H and O–H groups in total. The van der Waals surface area contributed by atoms with Crippen molar-refractivity contribution in [2.45, 2.75) is 6.61 Å². The van der Waals surface area contributed by atoms with Crippen molar-refractivity contribution in [3.63, 3.8) is 0 Å². The number of non-ortho nitro benzene ring substituents is 1. The molecule has 4 rings (SSSR count). The number of cyclic esters (lactones) is 1. The van der Waals surface area contributed by atoms with E-state index >= 15 is 0 Å². The van der Waals surface area contributed by atoms with Crippen molar-refractivity contribution in [1.82, 2.24) is 0 Å². The summed E-state index contributed by atoms with van der Waals surface area (Å²) in [5.41, 5.74) is 1.37. The molecule has 0 fully saturated rings. The fourth-order valence-corrected chi connectivity index (χ4v) is 3.08. The topological polar surface area (TPSA) is 100 Å². The number of carbonyl (C=O) groups excluding carboxylic acids is 1. The molecule has 1 aliphatic rings. The lowest BCUT2D eigenvalue weighted by Gasteiger charge is -2.12. The van der Waals surface area contributed by atoms with Gasteiger partial charge in [0, 0.05) is 23.3 Å². The number of rotatable bonds is 7. The molecule has 9 heteroatoms. The third-order valence-corrected chi connectivity index (χ3v) is 4.78. The van der Waals surface area contributed by atoms with E-state index in [0.717, 1.165) is 0 Å². The van der Waals surface area contributed by atoms with Gasteiger partial charge in [0.25, 0.3) is 5.69 Å². The number of benzene rings is 3. The highest BCUT2D eigenvalue weighted by Crippen LogP contribution is 2.31. The molecule has 0 aliphatic carbocycles. The summed E-state index contributed by atoms with van der Waals surface area (Å²) in [4.78, 5) is 26.8. The minimum Gasteiger partial charge on any atom is -0.493 e. The molecule has 0 spiro atoms. The average Bonchev–Trinajstić information content (AvgIpc) is 3.18.